The molecule has 3 rings (SSSR count). The number of carboxylic acid groups (broad SMARTS) is 1. The molecule has 38 heavy (non-hydrogen) atoms. The van der Waals surface area contributed by atoms with E-state index in [9.17, 15) is 34.4 Å². The highest BCUT2D eigenvalue weighted by Crippen LogP contribution is 2.28. The van der Waals surface area contributed by atoms with Crippen LogP contribution in [0.25, 0.3) is 0 Å². The normalized spacial score (nSPS) is 16.3. The van der Waals surface area contributed by atoms with Crippen LogP contribution in [0.1, 0.15) is 47.3 Å². The number of urea groups is 1. The van der Waals surface area contributed by atoms with Crippen LogP contribution in [0.4, 0.5) is 10.5 Å². The van der Waals surface area contributed by atoms with Crippen molar-refractivity contribution in [3.05, 3.63) is 68.2 Å². The van der Waals surface area contributed by atoms with E-state index in [1.165, 1.54) is 13.2 Å². The summed E-state index contributed by atoms with van der Waals surface area (Å²) in [6.07, 6.45) is 1.05. The van der Waals surface area contributed by atoms with Crippen molar-refractivity contribution in [3.63, 3.8) is 0 Å². The van der Waals surface area contributed by atoms with E-state index < -0.39 is 58.5 Å². The molecule has 2 aromatic rings. The molecule has 0 aromatic heterocycles. The standard InChI is InChI=1S/C25H27ClN4O8/c1-3-4-19(14-5-7-18(24(33)34)20(11-14)30(36)37)28-25(35)29-13-22(31)27-12-16(23(29)32)9-15-10-17(26)6-8-21(15)38-2/h5-8,10-11,16,19H,3-4,9,12-13H2,1-2H3,(H,27,31)(H,28,35)(H,33,34)/t16-,19+/m0/s1. The fraction of sp³-hybridized carbons (Fsp3) is 0.360. The lowest BCUT2D eigenvalue weighted by molar-refractivity contribution is -0.385. The van der Waals surface area contributed by atoms with Crippen LogP contribution in [-0.2, 0) is 16.0 Å². The molecule has 3 N–H and O–H groups in total. The summed E-state index contributed by atoms with van der Waals surface area (Å²) in [5.74, 6) is -2.86. The zero-order chi connectivity index (χ0) is 28.0. The second kappa shape index (κ2) is 12.4. The number of carbonyl (C=O) groups excluding carboxylic acids is 3. The molecule has 0 bridgehead atoms. The monoisotopic (exact) mass is 546 g/mol. The average molecular weight is 547 g/mol. The third kappa shape index (κ3) is 6.57. The maximum absolute atomic E-state index is 13.4. The predicted octanol–water partition coefficient (Wildman–Crippen LogP) is 3.32. The van der Waals surface area contributed by atoms with Crippen LogP contribution in [0.5, 0.6) is 5.75 Å². The Bertz CT molecular complexity index is 1270. The molecule has 1 heterocycles. The van der Waals surface area contributed by atoms with Crippen LogP contribution in [0.15, 0.2) is 36.4 Å². The number of nitrogens with one attached hydrogen (secondary N) is 2. The largest absolute Gasteiger partial charge is 0.496 e. The van der Waals surface area contributed by atoms with E-state index in [1.807, 2.05) is 6.92 Å². The molecule has 1 saturated heterocycles. The number of imide groups is 1. The van der Waals surface area contributed by atoms with Crippen LogP contribution in [-0.4, -0.2) is 58.9 Å². The summed E-state index contributed by atoms with van der Waals surface area (Å²) in [4.78, 5) is 61.8. The third-order valence-corrected chi connectivity index (χ3v) is 6.38. The van der Waals surface area contributed by atoms with Crippen molar-refractivity contribution >= 4 is 41.1 Å². The minimum atomic E-state index is -1.46. The van der Waals surface area contributed by atoms with Crippen LogP contribution in [0, 0.1) is 16.0 Å². The first kappa shape index (κ1) is 28.4. The van der Waals surface area contributed by atoms with Gasteiger partial charge in [-0.25, -0.2) is 9.59 Å². The first-order valence-corrected chi connectivity index (χ1v) is 12.2. The van der Waals surface area contributed by atoms with Crippen molar-refractivity contribution in [2.75, 3.05) is 20.2 Å². The summed E-state index contributed by atoms with van der Waals surface area (Å²) in [7, 11) is 1.48. The lowest BCUT2D eigenvalue weighted by atomic mass is 9.97. The van der Waals surface area contributed by atoms with Gasteiger partial charge in [0, 0.05) is 17.6 Å². The molecule has 13 heteroatoms. The van der Waals surface area contributed by atoms with Crippen molar-refractivity contribution in [2.45, 2.75) is 32.2 Å². The van der Waals surface area contributed by atoms with Crippen LogP contribution in [0.3, 0.4) is 0 Å². The number of hydrogen-bond acceptors (Lipinski definition) is 7. The van der Waals surface area contributed by atoms with Gasteiger partial charge >= 0.3 is 12.0 Å². The molecule has 0 radical (unpaired) electrons. The SMILES string of the molecule is CCC[C@@H](NC(=O)N1CC(=O)NC[C@H](Cc2cc(Cl)ccc2OC)C1=O)c1ccc(C(=O)O)c([N+](=O)[O-])c1. The fourth-order valence-electron chi connectivity index (χ4n) is 4.26. The average Bonchev–Trinajstić information content (AvgIpc) is 3.01. The lowest BCUT2D eigenvalue weighted by Crippen LogP contribution is -2.48. The molecule has 2 aromatic carbocycles. The van der Waals surface area contributed by atoms with Crippen LogP contribution in [0.2, 0.25) is 5.02 Å². The Morgan fingerprint density at radius 1 is 1.29 bits per heavy atom. The van der Waals surface area contributed by atoms with Crippen molar-refractivity contribution in [2.24, 2.45) is 5.92 Å². The van der Waals surface area contributed by atoms with E-state index in [0.717, 1.165) is 17.0 Å². The number of aromatic carboxylic acids is 1. The smallest absolute Gasteiger partial charge is 0.342 e. The number of halogens is 1. The minimum Gasteiger partial charge on any atom is -0.496 e. The van der Waals surface area contributed by atoms with Gasteiger partial charge in [0.2, 0.25) is 11.8 Å². The molecule has 4 amide bonds. The van der Waals surface area contributed by atoms with Crippen molar-refractivity contribution in [1.82, 2.24) is 15.5 Å². The summed E-state index contributed by atoms with van der Waals surface area (Å²) in [5, 5.41) is 26.5. The van der Waals surface area contributed by atoms with E-state index in [1.54, 1.807) is 18.2 Å². The van der Waals surface area contributed by atoms with Crippen molar-refractivity contribution in [3.8, 4) is 5.75 Å². The number of rotatable bonds is 9. The first-order chi connectivity index (χ1) is 18.0. The maximum Gasteiger partial charge on any atom is 0.342 e. The van der Waals surface area contributed by atoms with Gasteiger partial charge in [-0.3, -0.25) is 24.6 Å². The third-order valence-electron chi connectivity index (χ3n) is 6.14. The molecule has 2 atom stereocenters. The van der Waals surface area contributed by atoms with Crippen molar-refractivity contribution < 1.29 is 33.9 Å². The van der Waals surface area contributed by atoms with Gasteiger partial charge in [0.15, 0.2) is 0 Å². The minimum absolute atomic E-state index is 0.00164. The quantitative estimate of drug-likeness (QED) is 0.318. The first-order valence-electron chi connectivity index (χ1n) is 11.8. The van der Waals surface area contributed by atoms with Gasteiger partial charge in [-0.2, -0.15) is 0 Å². The summed E-state index contributed by atoms with van der Waals surface area (Å²) in [6, 6.07) is 6.89. The summed E-state index contributed by atoms with van der Waals surface area (Å²) in [5.41, 5.74) is -0.182. The zero-order valence-corrected chi connectivity index (χ0v) is 21.5. The second-order valence-corrected chi connectivity index (χ2v) is 9.15. The molecule has 0 spiro atoms. The number of carboxylic acids is 1. The molecular formula is C25H27ClN4O8. The second-order valence-electron chi connectivity index (χ2n) is 8.72. The number of nitrogens with zero attached hydrogens (tertiary/aromatic N) is 2. The van der Waals surface area contributed by atoms with Gasteiger partial charge in [0.1, 0.15) is 17.9 Å². The van der Waals surface area contributed by atoms with Gasteiger partial charge in [0.25, 0.3) is 5.69 Å². The van der Waals surface area contributed by atoms with E-state index in [2.05, 4.69) is 10.6 Å². The topological polar surface area (TPSA) is 168 Å². The van der Waals surface area contributed by atoms with E-state index >= 15 is 0 Å². The van der Waals surface area contributed by atoms with Crippen molar-refractivity contribution in [1.29, 1.82) is 0 Å². The molecular weight excluding hydrogens is 520 g/mol. The van der Waals surface area contributed by atoms with E-state index in [0.29, 0.717) is 34.7 Å². The molecule has 1 aliphatic heterocycles. The Balaban J connectivity index is 1.87. The number of ether oxygens (including phenoxy) is 1. The predicted molar refractivity (Wildman–Crippen MR) is 136 cm³/mol. The Hall–Kier alpha value is -4.19. The summed E-state index contributed by atoms with van der Waals surface area (Å²) >= 11 is 6.11. The van der Waals surface area contributed by atoms with E-state index in [4.69, 9.17) is 16.3 Å². The molecule has 1 fully saturated rings. The number of hydrogen-bond donors (Lipinski definition) is 3. The Kier molecular flexibility index (Phi) is 9.24. The van der Waals surface area contributed by atoms with Crippen LogP contribution < -0.4 is 15.4 Å². The highest BCUT2D eigenvalue weighted by atomic mass is 35.5. The Morgan fingerprint density at radius 2 is 2.03 bits per heavy atom. The number of benzene rings is 2. The van der Waals surface area contributed by atoms with Crippen LogP contribution >= 0.6 is 11.6 Å². The van der Waals surface area contributed by atoms with Gasteiger partial charge in [-0.1, -0.05) is 31.0 Å². The maximum atomic E-state index is 13.4. The Labute approximate surface area is 223 Å². The highest BCUT2D eigenvalue weighted by molar-refractivity contribution is 6.30. The van der Waals surface area contributed by atoms with Gasteiger partial charge in [-0.05, 0) is 48.2 Å². The van der Waals surface area contributed by atoms with Gasteiger partial charge in [-0.15, -0.1) is 0 Å². The van der Waals surface area contributed by atoms with Gasteiger partial charge < -0.3 is 20.5 Å². The number of nitro benzene ring substituents is 1. The lowest BCUT2D eigenvalue weighted by Gasteiger charge is -2.26. The zero-order valence-electron chi connectivity index (χ0n) is 20.7. The molecule has 0 aliphatic carbocycles. The molecule has 0 saturated carbocycles. The summed E-state index contributed by atoms with van der Waals surface area (Å²) < 4.78 is 5.35. The Morgan fingerprint density at radius 3 is 2.66 bits per heavy atom. The molecule has 0 unspecified atom stereocenters. The van der Waals surface area contributed by atoms with Gasteiger partial charge in [0.05, 0.1) is 24.0 Å². The van der Waals surface area contributed by atoms with E-state index in [-0.39, 0.29) is 13.0 Å². The molecule has 1 aliphatic rings. The number of carbonyl (C=O) groups is 4. The summed E-state index contributed by atoms with van der Waals surface area (Å²) in [6.45, 7) is 1.32. The molecule has 202 valence electrons. The number of methoxy groups -OCH3 is 1. The number of amides is 4. The highest BCUT2D eigenvalue weighted by Gasteiger charge is 2.35. The molecule has 12 nitrogen and oxygen atoms in total. The number of nitro groups is 1. The fourth-order valence-corrected chi connectivity index (χ4v) is 4.46.